The van der Waals surface area contributed by atoms with Crippen LogP contribution in [0.15, 0.2) is 36.4 Å². The van der Waals surface area contributed by atoms with Gasteiger partial charge in [-0.2, -0.15) is 0 Å². The molecule has 25 heteroatoms. The summed E-state index contributed by atoms with van der Waals surface area (Å²) in [5.41, 5.74) is 0.378. The number of rotatable bonds is 18. The van der Waals surface area contributed by atoms with Crippen LogP contribution < -0.4 is 21.3 Å². The van der Waals surface area contributed by atoms with E-state index in [1.54, 1.807) is 60.6 Å². The molecule has 0 spiro atoms. The topological polar surface area (TPSA) is 316 Å². The maximum atomic E-state index is 15.4. The van der Waals surface area contributed by atoms with E-state index in [-0.39, 0.29) is 74.2 Å². The molecule has 1 heterocycles. The van der Waals surface area contributed by atoms with Gasteiger partial charge >= 0.3 is 5.97 Å². The Morgan fingerprint density at radius 1 is 0.463 bits per heavy atom. The van der Waals surface area contributed by atoms with Crippen LogP contribution in [0, 0.1) is 41.4 Å². The van der Waals surface area contributed by atoms with Crippen LogP contribution in [0.5, 0.6) is 0 Å². The van der Waals surface area contributed by atoms with Gasteiger partial charge in [0.05, 0.1) is 11.7 Å². The van der Waals surface area contributed by atoms with Crippen molar-refractivity contribution >= 4 is 70.9 Å². The number of carbonyl (C=O) groups excluding carboxylic acids is 11. The number of carboxylic acid groups (broad SMARTS) is 1. The number of aromatic carboxylic acids is 1. The number of carboxylic acids is 1. The molecule has 0 unspecified atom stereocenters. The van der Waals surface area contributed by atoms with Gasteiger partial charge in [-0.15, -0.1) is 0 Å². The van der Waals surface area contributed by atoms with E-state index in [1.807, 2.05) is 55.4 Å². The van der Waals surface area contributed by atoms with E-state index in [0.717, 1.165) is 9.80 Å². The summed E-state index contributed by atoms with van der Waals surface area (Å²) in [4.78, 5) is 185. The summed E-state index contributed by atoms with van der Waals surface area (Å²) in [6, 6.07) is -8.80. The number of amides is 11. The van der Waals surface area contributed by atoms with Crippen LogP contribution in [-0.4, -0.2) is 237 Å². The van der Waals surface area contributed by atoms with E-state index in [2.05, 4.69) is 21.3 Å². The molecule has 1 aromatic carbocycles. The van der Waals surface area contributed by atoms with Gasteiger partial charge in [-0.05, 0) is 118 Å². The average molecular weight is 1340 g/mol. The molecule has 1 aliphatic heterocycles. The van der Waals surface area contributed by atoms with Gasteiger partial charge in [-0.3, -0.25) is 52.7 Å². The fourth-order valence-electron chi connectivity index (χ4n) is 12.0. The molecular weight excluding hydrogens is 1220 g/mol. The number of nitrogens with one attached hydrogen (secondary N) is 4. The predicted octanol–water partition coefficient (Wildman–Crippen LogP) is 4.58. The van der Waals surface area contributed by atoms with E-state index >= 15 is 28.8 Å². The average Bonchev–Trinajstić information content (AvgIpc) is 0.810. The van der Waals surface area contributed by atoms with Gasteiger partial charge in [-0.1, -0.05) is 121 Å². The molecule has 0 aromatic heterocycles. The summed E-state index contributed by atoms with van der Waals surface area (Å²) in [7, 11) is 9.79. The second kappa shape index (κ2) is 37.7. The highest BCUT2D eigenvalue weighted by molar-refractivity contribution is 6.00. The maximum absolute atomic E-state index is 15.4. The highest BCUT2D eigenvalue weighted by Gasteiger charge is 2.46. The molecule has 1 aromatic rings. The van der Waals surface area contributed by atoms with Crippen molar-refractivity contribution in [2.75, 3.05) is 49.3 Å². The normalized spacial score (nSPS) is 26.0. The fourth-order valence-corrected chi connectivity index (χ4v) is 12.0. The lowest BCUT2D eigenvalue weighted by atomic mass is 9.91. The minimum absolute atomic E-state index is 0.0470. The van der Waals surface area contributed by atoms with Crippen LogP contribution in [-0.2, 0) is 59.2 Å². The molecule has 0 radical (unpaired) electrons. The molecule has 95 heavy (non-hydrogen) atoms. The van der Waals surface area contributed by atoms with E-state index in [0.29, 0.717) is 5.56 Å². The Morgan fingerprint density at radius 3 is 1.31 bits per heavy atom. The first-order valence-electron chi connectivity index (χ1n) is 33.7. The number of aliphatic hydroxyl groups is 1. The van der Waals surface area contributed by atoms with Crippen molar-refractivity contribution in [3.8, 4) is 0 Å². The van der Waals surface area contributed by atoms with Crippen molar-refractivity contribution in [3.05, 3.63) is 47.5 Å². The Bertz CT molecular complexity index is 2840. The van der Waals surface area contributed by atoms with Gasteiger partial charge in [0.25, 0.3) is 0 Å². The summed E-state index contributed by atoms with van der Waals surface area (Å²) in [5, 5.41) is 33.1. The maximum Gasteiger partial charge on any atom is 0.335 e. The third kappa shape index (κ3) is 22.9. The molecular formula is C70H117N11O14. The number of hydrogen-bond donors (Lipinski definition) is 6. The first-order chi connectivity index (χ1) is 44.0. The van der Waals surface area contributed by atoms with Crippen LogP contribution >= 0.6 is 0 Å². The molecule has 0 aliphatic carbocycles. The molecule has 6 N–H and O–H groups in total. The van der Waals surface area contributed by atoms with Crippen LogP contribution in [0.2, 0.25) is 0 Å². The molecule has 2 rings (SSSR count). The minimum atomic E-state index is -1.69. The molecule has 0 bridgehead atoms. The summed E-state index contributed by atoms with van der Waals surface area (Å²) >= 11 is 0. The Balaban J connectivity index is 3.17. The SMILES string of the molecule is C/C=C/C[C@@H](C)[C@@H](O)[C@H]1C(=O)N[C@@H](CC)C(=O)N(C)[C@@H](Cc2ccc(C(=O)O)cc2)C(=O)N(C)[C@@H](CC(C)C)C(=O)N[C@@H](C(C)C)C(=O)N(C)[C@@H](CC(C)C)C(=O)N[C@@H](C)C(=O)N[C@H](C)C(=O)N(C)[C@@H](CC(C)C)C(=O)N(C)[C@@H](CC(C)C)C(=O)N(C)[C@@H](C(C)C)C(=O)N1C. The van der Waals surface area contributed by atoms with Gasteiger partial charge in [0.15, 0.2) is 0 Å². The van der Waals surface area contributed by atoms with Crippen molar-refractivity contribution in [1.82, 2.24) is 55.6 Å². The third-order valence-electron chi connectivity index (χ3n) is 18.0. The van der Waals surface area contributed by atoms with Gasteiger partial charge in [0.2, 0.25) is 65.0 Å². The number of nitrogens with zero attached hydrogens (tertiary/aromatic N) is 7. The predicted molar refractivity (Wildman–Crippen MR) is 364 cm³/mol. The zero-order chi connectivity index (χ0) is 73.1. The van der Waals surface area contributed by atoms with E-state index in [1.165, 1.54) is 112 Å². The van der Waals surface area contributed by atoms with Crippen LogP contribution in [0.4, 0.5) is 0 Å². The smallest absolute Gasteiger partial charge is 0.335 e. The Morgan fingerprint density at radius 2 is 0.863 bits per heavy atom. The van der Waals surface area contributed by atoms with E-state index in [4.69, 9.17) is 0 Å². The monoisotopic (exact) mass is 1340 g/mol. The zero-order valence-electron chi connectivity index (χ0n) is 61.3. The first kappa shape index (κ1) is 83.6. The van der Waals surface area contributed by atoms with Crippen molar-refractivity contribution in [2.24, 2.45) is 41.4 Å². The van der Waals surface area contributed by atoms with Crippen molar-refractivity contribution < 1.29 is 67.7 Å². The highest BCUT2D eigenvalue weighted by atomic mass is 16.4. The number of allylic oxidation sites excluding steroid dienone is 2. The number of aliphatic hydroxyl groups excluding tert-OH is 1. The summed E-state index contributed by atoms with van der Waals surface area (Å²) in [6.07, 6.45) is 2.38. The second-order valence-electron chi connectivity index (χ2n) is 28.5. The number of likely N-dealkylation sites (N-methyl/N-ethyl adjacent to an activating group) is 7. The van der Waals surface area contributed by atoms with E-state index in [9.17, 15) is 39.0 Å². The Labute approximate surface area is 565 Å². The number of benzene rings is 1. The number of hydrogen-bond acceptors (Lipinski definition) is 13. The molecule has 13 atom stereocenters. The van der Waals surface area contributed by atoms with Crippen molar-refractivity contribution in [1.29, 1.82) is 0 Å². The lowest BCUT2D eigenvalue weighted by Gasteiger charge is -2.41. The Kier molecular flexibility index (Phi) is 33.2. The van der Waals surface area contributed by atoms with Crippen LogP contribution in [0.3, 0.4) is 0 Å². The van der Waals surface area contributed by atoms with Crippen molar-refractivity contribution in [2.45, 2.75) is 235 Å². The minimum Gasteiger partial charge on any atom is -0.478 e. The zero-order valence-corrected chi connectivity index (χ0v) is 61.3. The van der Waals surface area contributed by atoms with Gasteiger partial charge in [0, 0.05) is 55.8 Å². The molecule has 536 valence electrons. The second-order valence-corrected chi connectivity index (χ2v) is 28.5. The largest absolute Gasteiger partial charge is 0.478 e. The lowest BCUT2D eigenvalue weighted by molar-refractivity contribution is -0.157. The summed E-state index contributed by atoms with van der Waals surface area (Å²) < 4.78 is 0. The number of carbonyl (C=O) groups is 12. The van der Waals surface area contributed by atoms with E-state index < -0.39 is 161 Å². The van der Waals surface area contributed by atoms with Crippen LogP contribution in [0.1, 0.15) is 172 Å². The van der Waals surface area contributed by atoms with Gasteiger partial charge in [0.1, 0.15) is 66.5 Å². The molecule has 25 nitrogen and oxygen atoms in total. The first-order valence-corrected chi connectivity index (χ1v) is 33.7. The molecule has 1 fully saturated rings. The molecule has 1 aliphatic rings. The standard InChI is InChI=1S/C70H117N11O14/c1-25-27-28-44(15)58(82)57-62(86)73-49(26-2)64(88)78(21)54(37-47-29-31-48(32-30-47)70(94)95)66(90)75(18)51(34-39(5)6)61(85)74-55(42(11)12)68(92)76(19)50(33-38(3)4)60(84)71-45(16)59(83)72-46(17)63(87)77(20)52(35-40(7)8)65(89)79(22)53(36-41(9)10)67(91)80(23)56(43(13)14)69(93)81(57)24/h25,27,29-32,38-46,49-58,82H,26,28,33-37H2,1-24H3,(H,71,84)(H,72,83)(H,73,86)(H,74,85)(H,94,95)/b27-25+/t44-,45+,46-,49+,50+,51+,52+,53+,54+,55+,56+,57+,58-/m1/s1. The fraction of sp³-hybridized carbons (Fsp3) is 0.714. The van der Waals surface area contributed by atoms with Gasteiger partial charge in [-0.25, -0.2) is 4.79 Å². The lowest BCUT2D eigenvalue weighted by Crippen LogP contribution is -2.64. The van der Waals surface area contributed by atoms with Crippen LogP contribution in [0.25, 0.3) is 0 Å². The highest BCUT2D eigenvalue weighted by Crippen LogP contribution is 2.27. The van der Waals surface area contributed by atoms with Crippen molar-refractivity contribution in [3.63, 3.8) is 0 Å². The summed E-state index contributed by atoms with van der Waals surface area (Å²) in [5.74, 6) is -11.9. The molecule has 1 saturated heterocycles. The molecule has 0 saturated carbocycles. The third-order valence-corrected chi connectivity index (χ3v) is 18.0. The Hall–Kier alpha value is -7.44. The van der Waals surface area contributed by atoms with Gasteiger partial charge < -0.3 is 65.8 Å². The quantitative estimate of drug-likeness (QED) is 0.110. The summed E-state index contributed by atoms with van der Waals surface area (Å²) in [6.45, 7) is 29.6. The molecule has 11 amide bonds.